The first-order chi connectivity index (χ1) is 21.7. The highest BCUT2D eigenvalue weighted by atomic mass is 16.6. The number of ether oxygens (including phenoxy) is 4. The molecule has 0 spiro atoms. The van der Waals surface area contributed by atoms with E-state index in [1.807, 2.05) is 72.7 Å². The zero-order valence-electron chi connectivity index (χ0n) is 28.5. The Labute approximate surface area is 272 Å². The minimum atomic E-state index is -0.898. The standard InChI is InChI=1S/C36H49N3O7/c1-9-23-29-20-39(31(23)34(42)46-36(5,6)7)33(41)24(35(2,3)4)19-30(40)44-28-17-21(28)13-11-10-12-14-26-32(45-29)38-27-18-22(43-8)15-16-25(27)37-26/h12,14-16,18,21,23-24,28-29,31H,9-11,13,17,19-20H2,1-8H3/b14-12+/t21-,23-,24-,28-,29+,31+/m1/s1. The van der Waals surface area contributed by atoms with Crippen molar-refractivity contribution >= 4 is 35.0 Å². The Bertz CT molecular complexity index is 1490. The smallest absolute Gasteiger partial charge is 0.329 e. The van der Waals surface area contributed by atoms with Gasteiger partial charge in [-0.2, -0.15) is 0 Å². The van der Waals surface area contributed by atoms with Gasteiger partial charge in [0.15, 0.2) is 0 Å². The number of aromatic nitrogens is 2. The molecule has 2 bridgehead atoms. The van der Waals surface area contributed by atoms with E-state index in [-0.39, 0.29) is 36.9 Å². The van der Waals surface area contributed by atoms with Crippen molar-refractivity contribution in [1.29, 1.82) is 0 Å². The second-order valence-electron chi connectivity index (χ2n) is 14.9. The number of rotatable bonds is 3. The van der Waals surface area contributed by atoms with Crippen LogP contribution in [0.3, 0.4) is 0 Å². The summed E-state index contributed by atoms with van der Waals surface area (Å²) in [5.41, 5.74) is 0.567. The number of nitrogens with zero attached hydrogens (tertiary/aromatic N) is 3. The molecule has 3 aliphatic rings. The van der Waals surface area contributed by atoms with E-state index in [4.69, 9.17) is 28.9 Å². The molecule has 2 aliphatic heterocycles. The number of hydrogen-bond donors (Lipinski definition) is 0. The molecule has 6 atom stereocenters. The first-order valence-corrected chi connectivity index (χ1v) is 16.6. The monoisotopic (exact) mass is 635 g/mol. The molecule has 1 aromatic carbocycles. The van der Waals surface area contributed by atoms with Gasteiger partial charge in [0.05, 0.1) is 37.0 Å². The van der Waals surface area contributed by atoms with E-state index in [1.54, 1.807) is 12.0 Å². The molecule has 1 aliphatic carbocycles. The second kappa shape index (κ2) is 13.2. The Morgan fingerprint density at radius 3 is 2.48 bits per heavy atom. The Balaban J connectivity index is 1.59. The summed E-state index contributed by atoms with van der Waals surface area (Å²) in [6.45, 7) is 13.4. The lowest BCUT2D eigenvalue weighted by Gasteiger charge is -2.35. The number of amides is 1. The predicted molar refractivity (Wildman–Crippen MR) is 174 cm³/mol. The van der Waals surface area contributed by atoms with Crippen molar-refractivity contribution in [2.45, 2.75) is 111 Å². The van der Waals surface area contributed by atoms with E-state index in [0.717, 1.165) is 25.7 Å². The van der Waals surface area contributed by atoms with Crippen molar-refractivity contribution in [1.82, 2.24) is 14.9 Å². The average Bonchev–Trinajstić information content (AvgIpc) is 3.59. The number of methoxy groups -OCH3 is 1. The van der Waals surface area contributed by atoms with Gasteiger partial charge in [-0.3, -0.25) is 9.59 Å². The molecule has 250 valence electrons. The molecule has 2 fully saturated rings. The van der Waals surface area contributed by atoms with Crippen LogP contribution >= 0.6 is 0 Å². The van der Waals surface area contributed by atoms with Crippen LogP contribution in [0.25, 0.3) is 17.1 Å². The van der Waals surface area contributed by atoms with Crippen molar-refractivity contribution in [3.8, 4) is 11.6 Å². The van der Waals surface area contributed by atoms with Crippen LogP contribution in [0.1, 0.15) is 92.7 Å². The van der Waals surface area contributed by atoms with Gasteiger partial charge >= 0.3 is 11.9 Å². The van der Waals surface area contributed by atoms with Gasteiger partial charge in [-0.25, -0.2) is 14.8 Å². The van der Waals surface area contributed by atoms with E-state index in [2.05, 4.69) is 6.08 Å². The lowest BCUT2D eigenvalue weighted by Crippen LogP contribution is -2.50. The van der Waals surface area contributed by atoms with Crippen LogP contribution in [0.4, 0.5) is 0 Å². The number of carbonyl (C=O) groups is 3. The van der Waals surface area contributed by atoms with E-state index in [9.17, 15) is 14.4 Å². The van der Waals surface area contributed by atoms with Gasteiger partial charge in [-0.15, -0.1) is 0 Å². The van der Waals surface area contributed by atoms with E-state index >= 15 is 0 Å². The lowest BCUT2D eigenvalue weighted by atomic mass is 9.77. The van der Waals surface area contributed by atoms with Crippen LogP contribution in [0.15, 0.2) is 24.3 Å². The maximum Gasteiger partial charge on any atom is 0.329 e. The first-order valence-electron chi connectivity index (χ1n) is 16.6. The van der Waals surface area contributed by atoms with Crippen LogP contribution < -0.4 is 9.47 Å². The molecule has 46 heavy (non-hydrogen) atoms. The summed E-state index contributed by atoms with van der Waals surface area (Å²) in [5, 5.41) is 0. The van der Waals surface area contributed by atoms with E-state index in [0.29, 0.717) is 40.7 Å². The van der Waals surface area contributed by atoms with Crippen molar-refractivity contribution in [2.24, 2.45) is 23.2 Å². The molecule has 1 saturated heterocycles. The third-order valence-corrected chi connectivity index (χ3v) is 9.20. The van der Waals surface area contributed by atoms with E-state index in [1.165, 1.54) is 0 Å². The van der Waals surface area contributed by atoms with E-state index < -0.39 is 35.0 Å². The first kappa shape index (κ1) is 33.7. The van der Waals surface area contributed by atoms with Crippen molar-refractivity contribution in [3.05, 3.63) is 30.0 Å². The van der Waals surface area contributed by atoms with Gasteiger partial charge in [0.25, 0.3) is 0 Å². The Morgan fingerprint density at radius 1 is 1.04 bits per heavy atom. The number of benzene rings is 1. The molecule has 5 rings (SSSR count). The molecule has 10 nitrogen and oxygen atoms in total. The van der Waals surface area contributed by atoms with Crippen LogP contribution in [-0.2, 0) is 23.9 Å². The van der Waals surface area contributed by atoms with Gasteiger partial charge in [0.2, 0.25) is 11.8 Å². The summed E-state index contributed by atoms with van der Waals surface area (Å²) in [6.07, 6.45) is 7.36. The van der Waals surface area contributed by atoms with Gasteiger partial charge in [-0.1, -0.05) is 33.8 Å². The molecular formula is C36H49N3O7. The number of allylic oxidation sites excluding steroid dienone is 1. The fourth-order valence-electron chi connectivity index (χ4n) is 6.59. The number of carbonyl (C=O) groups excluding carboxylic acids is 3. The lowest BCUT2D eigenvalue weighted by molar-refractivity contribution is -0.167. The molecule has 1 amide bonds. The number of hydrogen-bond acceptors (Lipinski definition) is 9. The Morgan fingerprint density at radius 2 is 1.80 bits per heavy atom. The molecule has 10 heteroatoms. The van der Waals surface area contributed by atoms with Gasteiger partial charge in [0.1, 0.15) is 35.3 Å². The highest BCUT2D eigenvalue weighted by Gasteiger charge is 2.52. The predicted octanol–water partition coefficient (Wildman–Crippen LogP) is 6.15. The van der Waals surface area contributed by atoms with Crippen LogP contribution in [0.2, 0.25) is 0 Å². The summed E-state index contributed by atoms with van der Waals surface area (Å²) < 4.78 is 23.8. The molecule has 3 heterocycles. The maximum absolute atomic E-state index is 14.5. The minimum Gasteiger partial charge on any atom is -0.497 e. The average molecular weight is 636 g/mol. The van der Waals surface area contributed by atoms with Gasteiger partial charge in [-0.05, 0) is 82.4 Å². The third-order valence-electron chi connectivity index (χ3n) is 9.20. The number of fused-ring (bicyclic) bond motifs is 5. The highest BCUT2D eigenvalue weighted by molar-refractivity contribution is 5.90. The SMILES string of the molecule is CC[C@@H]1[C@@H]2CN(C(=O)[C@H](C(C)(C)C)CC(=O)O[C@@H]3C[C@H]3CCC/C=C/c3nc4ccc(OC)cc4nc3O2)[C@@H]1C(=O)OC(C)(C)C. The fraction of sp³-hybridized carbons (Fsp3) is 0.639. The zero-order valence-corrected chi connectivity index (χ0v) is 28.5. The van der Waals surface area contributed by atoms with Crippen LogP contribution in [-0.4, -0.2) is 70.2 Å². The fourth-order valence-corrected chi connectivity index (χ4v) is 6.59. The van der Waals surface area contributed by atoms with Gasteiger partial charge < -0.3 is 23.8 Å². The van der Waals surface area contributed by atoms with Crippen LogP contribution in [0.5, 0.6) is 11.6 Å². The summed E-state index contributed by atoms with van der Waals surface area (Å²) >= 11 is 0. The number of esters is 2. The van der Waals surface area contributed by atoms with Crippen molar-refractivity contribution < 1.29 is 33.3 Å². The molecular weight excluding hydrogens is 586 g/mol. The quantitative estimate of drug-likeness (QED) is 0.366. The summed E-state index contributed by atoms with van der Waals surface area (Å²) in [4.78, 5) is 52.9. The van der Waals surface area contributed by atoms with Crippen LogP contribution in [0, 0.1) is 23.2 Å². The maximum atomic E-state index is 14.5. The Kier molecular flexibility index (Phi) is 9.66. The molecule has 0 radical (unpaired) electrons. The molecule has 0 N–H and O–H groups in total. The summed E-state index contributed by atoms with van der Waals surface area (Å²) in [7, 11) is 1.60. The summed E-state index contributed by atoms with van der Waals surface area (Å²) in [6, 6.07) is 4.63. The molecule has 1 saturated carbocycles. The second-order valence-corrected chi connectivity index (χ2v) is 14.9. The molecule has 0 unspecified atom stereocenters. The minimum absolute atomic E-state index is 0.0592. The zero-order chi connectivity index (χ0) is 33.4. The third kappa shape index (κ3) is 7.64. The largest absolute Gasteiger partial charge is 0.497 e. The summed E-state index contributed by atoms with van der Waals surface area (Å²) in [5.74, 6) is -0.933. The normalized spacial score (nSPS) is 28.2. The van der Waals surface area contributed by atoms with Crippen molar-refractivity contribution in [3.63, 3.8) is 0 Å². The highest BCUT2D eigenvalue weighted by Crippen LogP contribution is 2.41. The Hall–Kier alpha value is -3.69. The van der Waals surface area contributed by atoms with Crippen molar-refractivity contribution in [2.75, 3.05) is 13.7 Å². The molecule has 2 aromatic rings. The topological polar surface area (TPSA) is 117 Å². The van der Waals surface area contributed by atoms with Gasteiger partial charge in [0, 0.05) is 12.0 Å². The molecule has 1 aromatic heterocycles.